The number of rotatable bonds is 5. The van der Waals surface area contributed by atoms with Gasteiger partial charge >= 0.3 is 0 Å². The number of benzene rings is 7. The van der Waals surface area contributed by atoms with Gasteiger partial charge in [0.05, 0.1) is 16.4 Å². The molecule has 0 bridgehead atoms. The Morgan fingerprint density at radius 2 is 1.02 bits per heavy atom. The molecule has 11 aromatic rings. The first-order valence-electron chi connectivity index (χ1n) is 18.0. The van der Waals surface area contributed by atoms with E-state index in [4.69, 9.17) is 19.4 Å². The second kappa shape index (κ2) is 12.1. The highest BCUT2D eigenvalue weighted by Gasteiger charge is 2.19. The first-order valence-corrected chi connectivity index (χ1v) is 18.0. The minimum absolute atomic E-state index is 0.547. The van der Waals surface area contributed by atoms with Crippen LogP contribution in [-0.2, 0) is 0 Å². The molecule has 6 heteroatoms. The van der Waals surface area contributed by atoms with E-state index in [0.717, 1.165) is 60.5 Å². The van der Waals surface area contributed by atoms with Crippen LogP contribution >= 0.6 is 0 Å². The fraction of sp³-hybridized carbons (Fsp3) is 0. The Labute approximate surface area is 309 Å². The van der Waals surface area contributed by atoms with Gasteiger partial charge in [-0.1, -0.05) is 121 Å². The third kappa shape index (κ3) is 4.89. The van der Waals surface area contributed by atoms with Gasteiger partial charge in [0.15, 0.2) is 17.5 Å². The van der Waals surface area contributed by atoms with Crippen molar-refractivity contribution in [2.45, 2.75) is 0 Å². The maximum atomic E-state index is 6.18. The first kappa shape index (κ1) is 30.2. The van der Waals surface area contributed by atoms with Gasteiger partial charge in [-0.15, -0.1) is 0 Å². The maximum Gasteiger partial charge on any atom is 0.228 e. The molecule has 4 heterocycles. The van der Waals surface area contributed by atoms with Gasteiger partial charge in [-0.25, -0.2) is 19.9 Å². The number of nitrogens with zero attached hydrogens (tertiary/aromatic N) is 5. The van der Waals surface area contributed by atoms with Gasteiger partial charge in [-0.05, 0) is 70.4 Å². The Balaban J connectivity index is 1.11. The first-order chi connectivity index (χ1) is 26.7. The third-order valence-corrected chi connectivity index (χ3v) is 10.3. The van der Waals surface area contributed by atoms with Crippen molar-refractivity contribution in [2.75, 3.05) is 0 Å². The van der Waals surface area contributed by atoms with E-state index in [9.17, 15) is 0 Å². The Hall–Kier alpha value is -7.44. The zero-order valence-electron chi connectivity index (χ0n) is 28.9. The van der Waals surface area contributed by atoms with Crippen molar-refractivity contribution in [3.05, 3.63) is 176 Å². The van der Waals surface area contributed by atoms with Crippen LogP contribution in [0, 0.1) is 0 Å². The van der Waals surface area contributed by atoms with Gasteiger partial charge in [0, 0.05) is 44.7 Å². The van der Waals surface area contributed by atoms with Crippen LogP contribution in [0.4, 0.5) is 0 Å². The summed E-state index contributed by atoms with van der Waals surface area (Å²) in [5.41, 5.74) is 9.62. The molecule has 0 unspecified atom stereocenters. The average Bonchev–Trinajstić information content (AvgIpc) is 3.80. The largest absolute Gasteiger partial charge is 0.438 e. The lowest BCUT2D eigenvalue weighted by Crippen LogP contribution is -2.01. The number of hydrogen-bond donors (Lipinski definition) is 0. The van der Waals surface area contributed by atoms with Gasteiger partial charge in [0.1, 0.15) is 5.58 Å². The van der Waals surface area contributed by atoms with Crippen molar-refractivity contribution in [3.8, 4) is 51.0 Å². The molecule has 7 aromatic carbocycles. The van der Waals surface area contributed by atoms with E-state index < -0.39 is 0 Å². The Morgan fingerprint density at radius 1 is 0.426 bits per heavy atom. The molecule has 0 aliphatic heterocycles. The molecule has 0 aliphatic rings. The Bertz CT molecular complexity index is 3180. The summed E-state index contributed by atoms with van der Waals surface area (Å²) in [7, 11) is 0. The van der Waals surface area contributed by atoms with E-state index in [0.29, 0.717) is 23.2 Å². The lowest BCUT2D eigenvalue weighted by molar-refractivity contribution is 0.654. The predicted octanol–water partition coefficient (Wildman–Crippen LogP) is 12.1. The topological polar surface area (TPSA) is 69.6 Å². The predicted molar refractivity (Wildman–Crippen MR) is 218 cm³/mol. The standard InChI is InChI=1S/C48H29N5O/c1-2-11-30(12-3-1)31-21-22-33-28-35(24-23-32(33)27-31)46-50-45(51-47(52-46)40-25-26-49-48-44(40)39-17-6-9-20-43(39)54-48)34-13-10-14-36(29-34)53-41-18-7-4-15-37(41)38-16-5-8-19-42(38)53/h1-29H. The van der Waals surface area contributed by atoms with Gasteiger partial charge < -0.3 is 8.98 Å². The number of furan rings is 1. The number of pyridine rings is 1. The van der Waals surface area contributed by atoms with Crippen LogP contribution in [0.2, 0.25) is 0 Å². The summed E-state index contributed by atoms with van der Waals surface area (Å²) < 4.78 is 8.49. The second-order valence-corrected chi connectivity index (χ2v) is 13.5. The summed E-state index contributed by atoms with van der Waals surface area (Å²) in [4.78, 5) is 20.1. The van der Waals surface area contributed by atoms with Crippen molar-refractivity contribution in [1.82, 2.24) is 24.5 Å². The summed E-state index contributed by atoms with van der Waals surface area (Å²) in [5, 5.41) is 6.52. The van der Waals surface area contributed by atoms with Crippen molar-refractivity contribution in [1.29, 1.82) is 0 Å². The molecule has 0 spiro atoms. The number of fused-ring (bicyclic) bond motifs is 7. The van der Waals surface area contributed by atoms with Gasteiger partial charge in [0.2, 0.25) is 5.71 Å². The van der Waals surface area contributed by atoms with Crippen LogP contribution < -0.4 is 0 Å². The molecule has 0 radical (unpaired) electrons. The van der Waals surface area contributed by atoms with E-state index in [-0.39, 0.29) is 0 Å². The SMILES string of the molecule is c1ccc(-c2ccc3cc(-c4nc(-c5cccc(-n6c7ccccc7c7ccccc76)c5)nc(-c5ccnc6oc7ccccc7c56)n4)ccc3c2)cc1. The molecule has 0 amide bonds. The molecule has 0 saturated carbocycles. The normalized spacial score (nSPS) is 11.7. The van der Waals surface area contributed by atoms with E-state index in [1.807, 2.05) is 30.3 Å². The third-order valence-electron chi connectivity index (χ3n) is 10.3. The highest BCUT2D eigenvalue weighted by molar-refractivity contribution is 6.11. The minimum atomic E-state index is 0.547. The van der Waals surface area contributed by atoms with Crippen molar-refractivity contribution >= 4 is 54.6 Å². The second-order valence-electron chi connectivity index (χ2n) is 13.5. The molecular weight excluding hydrogens is 663 g/mol. The van der Waals surface area contributed by atoms with Gasteiger partial charge in [0.25, 0.3) is 0 Å². The van der Waals surface area contributed by atoms with Crippen LogP contribution in [0.3, 0.4) is 0 Å². The van der Waals surface area contributed by atoms with E-state index in [1.54, 1.807) is 6.20 Å². The fourth-order valence-corrected chi connectivity index (χ4v) is 7.77. The molecule has 0 atom stereocenters. The van der Waals surface area contributed by atoms with Crippen LogP contribution in [-0.4, -0.2) is 24.5 Å². The molecule has 0 aliphatic carbocycles. The molecule has 0 N–H and O–H groups in total. The maximum absolute atomic E-state index is 6.18. The monoisotopic (exact) mass is 691 g/mol. The zero-order chi connectivity index (χ0) is 35.6. The highest BCUT2D eigenvalue weighted by Crippen LogP contribution is 2.37. The van der Waals surface area contributed by atoms with E-state index in [2.05, 4.69) is 149 Å². The van der Waals surface area contributed by atoms with Crippen molar-refractivity contribution < 1.29 is 4.42 Å². The molecule has 11 rings (SSSR count). The smallest absolute Gasteiger partial charge is 0.228 e. The van der Waals surface area contributed by atoms with E-state index >= 15 is 0 Å². The molecule has 0 fully saturated rings. The summed E-state index contributed by atoms with van der Waals surface area (Å²) in [6.07, 6.45) is 1.76. The van der Waals surface area contributed by atoms with Crippen LogP contribution in [0.25, 0.3) is 106 Å². The van der Waals surface area contributed by atoms with Gasteiger partial charge in [-0.3, -0.25) is 0 Å². The van der Waals surface area contributed by atoms with E-state index in [1.165, 1.54) is 21.9 Å². The van der Waals surface area contributed by atoms with Crippen LogP contribution in [0.1, 0.15) is 0 Å². The summed E-state index contributed by atoms with van der Waals surface area (Å²) in [5.74, 6) is 1.72. The van der Waals surface area contributed by atoms with Crippen LogP contribution in [0.5, 0.6) is 0 Å². The van der Waals surface area contributed by atoms with Crippen molar-refractivity contribution in [2.24, 2.45) is 0 Å². The molecule has 54 heavy (non-hydrogen) atoms. The van der Waals surface area contributed by atoms with Crippen LogP contribution in [0.15, 0.2) is 180 Å². The molecule has 6 nitrogen and oxygen atoms in total. The average molecular weight is 692 g/mol. The number of hydrogen-bond acceptors (Lipinski definition) is 5. The number of para-hydroxylation sites is 3. The fourth-order valence-electron chi connectivity index (χ4n) is 7.77. The van der Waals surface area contributed by atoms with Gasteiger partial charge in [-0.2, -0.15) is 0 Å². The quantitative estimate of drug-likeness (QED) is 0.180. The molecule has 4 aromatic heterocycles. The van der Waals surface area contributed by atoms with Crippen molar-refractivity contribution in [3.63, 3.8) is 0 Å². The lowest BCUT2D eigenvalue weighted by atomic mass is 10.00. The Kier molecular flexibility index (Phi) is 6.75. The summed E-state index contributed by atoms with van der Waals surface area (Å²) >= 11 is 0. The Morgan fingerprint density at radius 3 is 1.78 bits per heavy atom. The molecule has 252 valence electrons. The molecular formula is C48H29N5O. The summed E-state index contributed by atoms with van der Waals surface area (Å²) in [6, 6.07) is 58.9. The lowest BCUT2D eigenvalue weighted by Gasteiger charge is -2.12. The minimum Gasteiger partial charge on any atom is -0.438 e. The highest BCUT2D eigenvalue weighted by atomic mass is 16.3. The molecule has 0 saturated heterocycles. The zero-order valence-corrected chi connectivity index (χ0v) is 28.9. The number of aromatic nitrogens is 5. The summed E-state index contributed by atoms with van der Waals surface area (Å²) in [6.45, 7) is 0.